The number of ether oxygens (including phenoxy) is 1. The Labute approximate surface area is 167 Å². The highest BCUT2D eigenvalue weighted by Crippen LogP contribution is 2.36. The summed E-state index contributed by atoms with van der Waals surface area (Å²) in [6, 6.07) is 13.4. The third kappa shape index (κ3) is 4.58. The molecule has 0 atom stereocenters. The van der Waals surface area contributed by atoms with Crippen molar-refractivity contribution in [3.63, 3.8) is 0 Å². The van der Waals surface area contributed by atoms with Crippen LogP contribution in [0.4, 0.5) is 9.18 Å². The van der Waals surface area contributed by atoms with Crippen LogP contribution in [0.2, 0.25) is 5.02 Å². The minimum Gasteiger partial charge on any atom is -0.496 e. The van der Waals surface area contributed by atoms with Gasteiger partial charge in [0.15, 0.2) is 0 Å². The lowest BCUT2D eigenvalue weighted by Gasteiger charge is -2.14. The molecule has 144 valence electrons. The Kier molecular flexibility index (Phi) is 6.11. The predicted molar refractivity (Wildman–Crippen MR) is 107 cm³/mol. The molecule has 28 heavy (non-hydrogen) atoms. The lowest BCUT2D eigenvalue weighted by molar-refractivity contribution is 0.248. The van der Waals surface area contributed by atoms with Gasteiger partial charge in [-0.05, 0) is 41.0 Å². The molecule has 0 saturated heterocycles. The molecule has 0 radical (unpaired) electrons. The molecule has 0 bridgehead atoms. The molecule has 0 fully saturated rings. The number of nitrogens with two attached hydrogens (primary N) is 1. The number of primary amides is 1. The van der Waals surface area contributed by atoms with Crippen molar-refractivity contribution < 1.29 is 13.9 Å². The summed E-state index contributed by atoms with van der Waals surface area (Å²) in [5.41, 5.74) is 8.08. The lowest BCUT2D eigenvalue weighted by Crippen LogP contribution is -2.28. The number of carbonyl (C=O) groups is 1. The molecule has 1 heterocycles. The van der Waals surface area contributed by atoms with Crippen molar-refractivity contribution in [2.75, 3.05) is 7.11 Å². The Morgan fingerprint density at radius 1 is 1.25 bits per heavy atom. The van der Waals surface area contributed by atoms with Gasteiger partial charge in [-0.1, -0.05) is 35.9 Å². The average molecular weight is 400 g/mol. The second kappa shape index (κ2) is 8.71. The summed E-state index contributed by atoms with van der Waals surface area (Å²) in [6.45, 7) is 0.241. The number of halogens is 2. The maximum atomic E-state index is 15.3. The first-order valence-corrected chi connectivity index (χ1v) is 8.94. The molecule has 3 aromatic rings. The van der Waals surface area contributed by atoms with Gasteiger partial charge in [0.05, 0.1) is 24.9 Å². The van der Waals surface area contributed by atoms with Crippen molar-refractivity contribution in [2.45, 2.75) is 13.0 Å². The molecule has 5 nitrogen and oxygen atoms in total. The summed E-state index contributed by atoms with van der Waals surface area (Å²) in [7, 11) is 1.51. The number of aromatic nitrogens is 1. The van der Waals surface area contributed by atoms with E-state index < -0.39 is 6.03 Å². The quantitative estimate of drug-likeness (QED) is 0.648. The van der Waals surface area contributed by atoms with Crippen LogP contribution in [0.5, 0.6) is 5.75 Å². The van der Waals surface area contributed by atoms with E-state index in [1.165, 1.54) is 7.11 Å². The van der Waals surface area contributed by atoms with Crippen LogP contribution >= 0.6 is 11.6 Å². The van der Waals surface area contributed by atoms with Gasteiger partial charge in [-0.25, -0.2) is 9.18 Å². The van der Waals surface area contributed by atoms with E-state index in [0.717, 1.165) is 5.56 Å². The Bertz CT molecular complexity index is 993. The summed E-state index contributed by atoms with van der Waals surface area (Å²) in [4.78, 5) is 15.0. The van der Waals surface area contributed by atoms with Gasteiger partial charge < -0.3 is 15.8 Å². The van der Waals surface area contributed by atoms with E-state index in [2.05, 4.69) is 10.3 Å². The number of benzene rings is 2. The molecule has 3 rings (SSSR count). The average Bonchev–Trinajstić information content (AvgIpc) is 2.68. The number of carbonyl (C=O) groups excluding carboxylic acids is 1. The summed E-state index contributed by atoms with van der Waals surface area (Å²) < 4.78 is 20.7. The SMILES string of the molecule is COc1ccc(Cc2ccc(CNC(N)=O)nc2)c(F)c1-c1cccc(Cl)c1. The van der Waals surface area contributed by atoms with Crippen LogP contribution in [0.15, 0.2) is 54.7 Å². The maximum absolute atomic E-state index is 15.3. The van der Waals surface area contributed by atoms with Crippen LogP contribution in [0.1, 0.15) is 16.8 Å². The fourth-order valence-electron chi connectivity index (χ4n) is 2.88. The van der Waals surface area contributed by atoms with Gasteiger partial charge in [-0.2, -0.15) is 0 Å². The van der Waals surface area contributed by atoms with Crippen molar-refractivity contribution >= 4 is 17.6 Å². The van der Waals surface area contributed by atoms with Gasteiger partial charge in [0.2, 0.25) is 0 Å². The number of methoxy groups -OCH3 is 1. The normalized spacial score (nSPS) is 10.5. The lowest BCUT2D eigenvalue weighted by atomic mass is 9.97. The topological polar surface area (TPSA) is 77.2 Å². The number of nitrogens with one attached hydrogen (secondary N) is 1. The van der Waals surface area contributed by atoms with E-state index >= 15 is 4.39 Å². The zero-order chi connectivity index (χ0) is 20.1. The Morgan fingerprint density at radius 3 is 2.71 bits per heavy atom. The molecule has 2 aromatic carbocycles. The van der Waals surface area contributed by atoms with Crippen molar-refractivity contribution in [3.8, 4) is 16.9 Å². The van der Waals surface area contributed by atoms with Crippen LogP contribution in [0.3, 0.4) is 0 Å². The van der Waals surface area contributed by atoms with E-state index in [1.54, 1.807) is 48.7 Å². The first-order valence-electron chi connectivity index (χ1n) is 8.56. The zero-order valence-corrected chi connectivity index (χ0v) is 16.0. The summed E-state index contributed by atoms with van der Waals surface area (Å²) in [6.07, 6.45) is 2.01. The standard InChI is InChI=1S/C21H19ClFN3O2/c1-28-18-8-6-15(20(23)19(18)14-3-2-4-16(22)10-14)9-13-5-7-17(25-11-13)12-26-21(24)27/h2-8,10-11H,9,12H2,1H3,(H3,24,26,27). The van der Waals surface area contributed by atoms with E-state index in [4.69, 9.17) is 22.1 Å². The van der Waals surface area contributed by atoms with Gasteiger partial charge in [-0.3, -0.25) is 4.98 Å². The number of pyridine rings is 1. The highest BCUT2D eigenvalue weighted by molar-refractivity contribution is 6.30. The monoisotopic (exact) mass is 399 g/mol. The minimum atomic E-state index is -0.611. The van der Waals surface area contributed by atoms with Crippen molar-refractivity contribution in [1.29, 1.82) is 0 Å². The number of urea groups is 1. The first kappa shape index (κ1) is 19.6. The van der Waals surface area contributed by atoms with Crippen LogP contribution < -0.4 is 15.8 Å². The number of rotatable bonds is 6. The second-order valence-corrected chi connectivity index (χ2v) is 6.62. The number of hydrogen-bond donors (Lipinski definition) is 2. The van der Waals surface area contributed by atoms with Gasteiger partial charge in [-0.15, -0.1) is 0 Å². The molecule has 3 N–H and O–H groups in total. The number of amides is 2. The summed E-state index contributed by atoms with van der Waals surface area (Å²) in [5.74, 6) is 0.0793. The zero-order valence-electron chi connectivity index (χ0n) is 15.2. The van der Waals surface area contributed by atoms with Gasteiger partial charge >= 0.3 is 6.03 Å². The smallest absolute Gasteiger partial charge is 0.312 e. The van der Waals surface area contributed by atoms with Crippen LogP contribution in [0, 0.1) is 5.82 Å². The maximum Gasteiger partial charge on any atom is 0.312 e. The van der Waals surface area contributed by atoms with Gasteiger partial charge in [0, 0.05) is 17.6 Å². The van der Waals surface area contributed by atoms with E-state index in [0.29, 0.717) is 39.6 Å². The Balaban J connectivity index is 1.89. The van der Waals surface area contributed by atoms with Crippen molar-refractivity contribution in [3.05, 3.63) is 82.4 Å². The first-order chi connectivity index (χ1) is 13.5. The van der Waals surface area contributed by atoms with Gasteiger partial charge in [0.25, 0.3) is 0 Å². The summed E-state index contributed by atoms with van der Waals surface area (Å²) in [5, 5.41) is 3.00. The third-order valence-corrected chi connectivity index (χ3v) is 4.48. The Morgan fingerprint density at radius 2 is 2.07 bits per heavy atom. The predicted octanol–water partition coefficient (Wildman–Crippen LogP) is 4.31. The van der Waals surface area contributed by atoms with Crippen LogP contribution in [-0.4, -0.2) is 18.1 Å². The van der Waals surface area contributed by atoms with E-state index in [-0.39, 0.29) is 12.4 Å². The highest BCUT2D eigenvalue weighted by Gasteiger charge is 2.17. The Hall–Kier alpha value is -3.12. The van der Waals surface area contributed by atoms with Crippen LogP contribution in [-0.2, 0) is 13.0 Å². The molecule has 1 aromatic heterocycles. The molecule has 2 amide bonds. The molecule has 7 heteroatoms. The molecule has 0 aliphatic rings. The minimum absolute atomic E-state index is 0.241. The highest BCUT2D eigenvalue weighted by atomic mass is 35.5. The number of nitrogens with zero attached hydrogens (tertiary/aromatic N) is 1. The second-order valence-electron chi connectivity index (χ2n) is 6.18. The molecule has 0 spiro atoms. The molecule has 0 unspecified atom stereocenters. The third-order valence-electron chi connectivity index (χ3n) is 4.24. The van der Waals surface area contributed by atoms with Crippen LogP contribution in [0.25, 0.3) is 11.1 Å². The van der Waals surface area contributed by atoms with Crippen molar-refractivity contribution in [1.82, 2.24) is 10.3 Å². The molecular weight excluding hydrogens is 381 g/mol. The fraction of sp³-hybridized carbons (Fsp3) is 0.143. The van der Waals surface area contributed by atoms with E-state index in [9.17, 15) is 4.79 Å². The van der Waals surface area contributed by atoms with E-state index in [1.807, 2.05) is 6.07 Å². The summed E-state index contributed by atoms with van der Waals surface area (Å²) >= 11 is 6.07. The molecule has 0 aliphatic carbocycles. The molecule has 0 aliphatic heterocycles. The van der Waals surface area contributed by atoms with Crippen molar-refractivity contribution in [2.24, 2.45) is 5.73 Å². The largest absolute Gasteiger partial charge is 0.496 e. The fourth-order valence-corrected chi connectivity index (χ4v) is 3.07. The number of hydrogen-bond acceptors (Lipinski definition) is 3. The molecular formula is C21H19ClFN3O2. The van der Waals surface area contributed by atoms with Gasteiger partial charge in [0.1, 0.15) is 11.6 Å². The molecule has 0 saturated carbocycles.